The van der Waals surface area contributed by atoms with Crippen LogP contribution in [0.15, 0.2) is 24.3 Å². The van der Waals surface area contributed by atoms with Gasteiger partial charge in [-0.2, -0.15) is 0 Å². The van der Waals surface area contributed by atoms with Crippen LogP contribution in [0.25, 0.3) is 0 Å². The van der Waals surface area contributed by atoms with Crippen molar-refractivity contribution in [2.45, 2.75) is 19.4 Å². The molecule has 6 heteroatoms. The molecular weight excluding hydrogens is 268 g/mol. The van der Waals surface area contributed by atoms with E-state index in [1.807, 2.05) is 25.1 Å². The molecule has 1 amide bonds. The molecule has 104 valence electrons. The number of benzene rings is 1. The number of hydrogen-bond donors (Lipinski definition) is 3. The van der Waals surface area contributed by atoms with Gasteiger partial charge in [0.2, 0.25) is 5.91 Å². The first-order valence-corrected chi connectivity index (χ1v) is 6.35. The van der Waals surface area contributed by atoms with E-state index in [0.717, 1.165) is 5.56 Å². The van der Waals surface area contributed by atoms with E-state index in [4.69, 9.17) is 16.7 Å². The number of aliphatic carboxylic acids is 1. The number of carbonyl (C=O) groups is 2. The SMILES string of the molecule is CC(NC(=O)CNCCC(=O)O)c1ccccc1Cl. The Kier molecular flexibility index (Phi) is 6.32. The van der Waals surface area contributed by atoms with Gasteiger partial charge in [0.05, 0.1) is 19.0 Å². The van der Waals surface area contributed by atoms with Gasteiger partial charge in [0.25, 0.3) is 0 Å². The lowest BCUT2D eigenvalue weighted by Gasteiger charge is -2.15. The van der Waals surface area contributed by atoms with Gasteiger partial charge in [-0.15, -0.1) is 0 Å². The van der Waals surface area contributed by atoms with Gasteiger partial charge in [-0.3, -0.25) is 9.59 Å². The third-order valence-corrected chi connectivity index (χ3v) is 2.89. The summed E-state index contributed by atoms with van der Waals surface area (Å²) in [5, 5.41) is 14.6. The van der Waals surface area contributed by atoms with Crippen LogP contribution in [-0.4, -0.2) is 30.1 Å². The van der Waals surface area contributed by atoms with Crippen molar-refractivity contribution in [2.75, 3.05) is 13.1 Å². The van der Waals surface area contributed by atoms with Crippen LogP contribution in [0, 0.1) is 0 Å². The Balaban J connectivity index is 2.36. The minimum absolute atomic E-state index is 0.00660. The van der Waals surface area contributed by atoms with Crippen molar-refractivity contribution in [3.05, 3.63) is 34.9 Å². The van der Waals surface area contributed by atoms with Crippen molar-refractivity contribution in [3.8, 4) is 0 Å². The molecule has 0 bridgehead atoms. The molecule has 0 aliphatic rings. The third kappa shape index (κ3) is 5.72. The number of hydrogen-bond acceptors (Lipinski definition) is 3. The van der Waals surface area contributed by atoms with Crippen LogP contribution in [0.4, 0.5) is 0 Å². The van der Waals surface area contributed by atoms with E-state index in [0.29, 0.717) is 5.02 Å². The van der Waals surface area contributed by atoms with Gasteiger partial charge in [0.15, 0.2) is 0 Å². The van der Waals surface area contributed by atoms with E-state index >= 15 is 0 Å². The summed E-state index contributed by atoms with van der Waals surface area (Å²) in [7, 11) is 0. The van der Waals surface area contributed by atoms with Gasteiger partial charge in [-0.1, -0.05) is 29.8 Å². The van der Waals surface area contributed by atoms with E-state index in [1.165, 1.54) is 0 Å². The number of nitrogens with one attached hydrogen (secondary N) is 2. The zero-order valence-electron chi connectivity index (χ0n) is 10.6. The topological polar surface area (TPSA) is 78.4 Å². The fourth-order valence-electron chi connectivity index (χ4n) is 1.59. The number of carbonyl (C=O) groups excluding carboxylic acids is 1. The average Bonchev–Trinajstić information content (AvgIpc) is 2.35. The van der Waals surface area contributed by atoms with Crippen molar-refractivity contribution in [3.63, 3.8) is 0 Å². The highest BCUT2D eigenvalue weighted by Crippen LogP contribution is 2.21. The van der Waals surface area contributed by atoms with Crippen molar-refractivity contribution in [1.29, 1.82) is 0 Å². The Hall–Kier alpha value is -1.59. The van der Waals surface area contributed by atoms with Gasteiger partial charge >= 0.3 is 5.97 Å². The normalized spacial score (nSPS) is 11.9. The molecule has 3 N–H and O–H groups in total. The van der Waals surface area contributed by atoms with E-state index in [9.17, 15) is 9.59 Å². The monoisotopic (exact) mass is 284 g/mol. The molecule has 0 heterocycles. The number of amides is 1. The summed E-state index contributed by atoms with van der Waals surface area (Å²) >= 11 is 6.03. The second kappa shape index (κ2) is 7.76. The van der Waals surface area contributed by atoms with Gasteiger partial charge in [0.1, 0.15) is 0 Å². The van der Waals surface area contributed by atoms with E-state index < -0.39 is 5.97 Å². The Morgan fingerprint density at radius 3 is 2.68 bits per heavy atom. The summed E-state index contributed by atoms with van der Waals surface area (Å²) in [5.74, 6) is -1.09. The predicted molar refractivity (Wildman–Crippen MR) is 73.1 cm³/mol. The van der Waals surface area contributed by atoms with Crippen LogP contribution >= 0.6 is 11.6 Å². The predicted octanol–water partition coefficient (Wildman–Crippen LogP) is 1.58. The lowest BCUT2D eigenvalue weighted by Crippen LogP contribution is -2.36. The first-order chi connectivity index (χ1) is 9.00. The molecule has 19 heavy (non-hydrogen) atoms. The highest BCUT2D eigenvalue weighted by atomic mass is 35.5. The van der Waals surface area contributed by atoms with Crippen molar-refractivity contribution in [2.24, 2.45) is 0 Å². The summed E-state index contributed by atoms with van der Waals surface area (Å²) in [5.41, 5.74) is 0.850. The van der Waals surface area contributed by atoms with Crippen LogP contribution < -0.4 is 10.6 Å². The molecule has 0 fully saturated rings. The van der Waals surface area contributed by atoms with Gasteiger partial charge < -0.3 is 15.7 Å². The molecule has 0 spiro atoms. The quantitative estimate of drug-likeness (QED) is 0.664. The molecular formula is C13H17ClN2O3. The molecule has 0 saturated carbocycles. The molecule has 0 aromatic heterocycles. The second-order valence-corrected chi connectivity index (χ2v) is 4.54. The molecule has 1 rings (SSSR count). The van der Waals surface area contributed by atoms with E-state index in [2.05, 4.69) is 10.6 Å². The van der Waals surface area contributed by atoms with Crippen LogP contribution in [0.1, 0.15) is 24.9 Å². The Bertz CT molecular complexity index is 451. The lowest BCUT2D eigenvalue weighted by atomic mass is 10.1. The highest BCUT2D eigenvalue weighted by Gasteiger charge is 2.11. The molecule has 1 atom stereocenters. The zero-order valence-corrected chi connectivity index (χ0v) is 11.4. The molecule has 0 aliphatic carbocycles. The molecule has 1 aromatic rings. The minimum atomic E-state index is -0.891. The van der Waals surface area contributed by atoms with E-state index in [1.54, 1.807) is 6.07 Å². The molecule has 5 nitrogen and oxygen atoms in total. The molecule has 0 saturated heterocycles. The van der Waals surface area contributed by atoms with Crippen molar-refractivity contribution >= 4 is 23.5 Å². The fraction of sp³-hybridized carbons (Fsp3) is 0.385. The second-order valence-electron chi connectivity index (χ2n) is 4.13. The zero-order chi connectivity index (χ0) is 14.3. The van der Waals surface area contributed by atoms with Gasteiger partial charge in [0, 0.05) is 11.6 Å². The summed E-state index contributed by atoms with van der Waals surface area (Å²) < 4.78 is 0. The summed E-state index contributed by atoms with van der Waals surface area (Å²) in [6.45, 7) is 2.20. The maximum atomic E-state index is 11.6. The largest absolute Gasteiger partial charge is 0.481 e. The Labute approximate surface area is 117 Å². The molecule has 1 unspecified atom stereocenters. The van der Waals surface area contributed by atoms with E-state index in [-0.39, 0.29) is 31.5 Å². The summed E-state index contributed by atoms with van der Waals surface area (Å²) in [6, 6.07) is 7.11. The van der Waals surface area contributed by atoms with Crippen LogP contribution in [0.3, 0.4) is 0 Å². The lowest BCUT2D eigenvalue weighted by molar-refractivity contribution is -0.137. The molecule has 1 aromatic carbocycles. The molecule has 0 aliphatic heterocycles. The average molecular weight is 285 g/mol. The number of carboxylic acids is 1. The van der Waals surface area contributed by atoms with Crippen LogP contribution in [-0.2, 0) is 9.59 Å². The third-order valence-electron chi connectivity index (χ3n) is 2.55. The Morgan fingerprint density at radius 2 is 2.05 bits per heavy atom. The number of rotatable bonds is 7. The number of carboxylic acid groups (broad SMARTS) is 1. The smallest absolute Gasteiger partial charge is 0.304 e. The summed E-state index contributed by atoms with van der Waals surface area (Å²) in [6.07, 6.45) is -0.00660. The van der Waals surface area contributed by atoms with Crippen LogP contribution in [0.2, 0.25) is 5.02 Å². The first-order valence-electron chi connectivity index (χ1n) is 5.97. The minimum Gasteiger partial charge on any atom is -0.481 e. The first kappa shape index (κ1) is 15.5. The number of halogens is 1. The Morgan fingerprint density at radius 1 is 1.37 bits per heavy atom. The van der Waals surface area contributed by atoms with Crippen LogP contribution in [0.5, 0.6) is 0 Å². The van der Waals surface area contributed by atoms with Crippen molar-refractivity contribution in [1.82, 2.24) is 10.6 Å². The van der Waals surface area contributed by atoms with Gasteiger partial charge in [-0.25, -0.2) is 0 Å². The fourth-order valence-corrected chi connectivity index (χ4v) is 1.89. The summed E-state index contributed by atoms with van der Waals surface area (Å²) in [4.78, 5) is 21.9. The van der Waals surface area contributed by atoms with Gasteiger partial charge in [-0.05, 0) is 18.6 Å². The highest BCUT2D eigenvalue weighted by molar-refractivity contribution is 6.31. The maximum Gasteiger partial charge on any atom is 0.304 e. The van der Waals surface area contributed by atoms with Crippen molar-refractivity contribution < 1.29 is 14.7 Å². The molecule has 0 radical (unpaired) electrons. The standard InChI is InChI=1S/C13H17ClN2O3/c1-9(10-4-2-3-5-11(10)14)16-12(17)8-15-7-6-13(18)19/h2-5,9,15H,6-8H2,1H3,(H,16,17)(H,18,19). The maximum absolute atomic E-state index is 11.6.